The molecule has 2 rings (SSSR count). The second-order valence-corrected chi connectivity index (χ2v) is 24.2. The van der Waals surface area contributed by atoms with Gasteiger partial charge in [0.1, 0.15) is 0 Å². The summed E-state index contributed by atoms with van der Waals surface area (Å²) in [5.74, 6) is -0.709. The molecule has 1 aromatic carbocycles. The molecule has 7 heteroatoms. The third-order valence-electron chi connectivity index (χ3n) is 6.96. The zero-order chi connectivity index (χ0) is 25.6. The molecule has 200 valence electrons. The van der Waals surface area contributed by atoms with E-state index in [1.807, 2.05) is 44.2 Å². The van der Waals surface area contributed by atoms with Gasteiger partial charge in [0.05, 0.1) is 0 Å². The van der Waals surface area contributed by atoms with E-state index in [-0.39, 0.29) is 18.8 Å². The molecule has 0 bridgehead atoms. The summed E-state index contributed by atoms with van der Waals surface area (Å²) >= 11 is -2.48. The van der Waals surface area contributed by atoms with Gasteiger partial charge in [-0.15, -0.1) is 0 Å². The Labute approximate surface area is 217 Å². The van der Waals surface area contributed by atoms with Crippen molar-refractivity contribution in [1.29, 1.82) is 0 Å². The van der Waals surface area contributed by atoms with E-state index >= 15 is 0 Å². The molecule has 1 saturated heterocycles. The van der Waals surface area contributed by atoms with Gasteiger partial charge in [0.15, 0.2) is 0 Å². The Morgan fingerprint density at radius 2 is 1.54 bits per heavy atom. The van der Waals surface area contributed by atoms with Crippen molar-refractivity contribution in [2.75, 3.05) is 17.8 Å². The molecule has 0 aromatic heterocycles. The van der Waals surface area contributed by atoms with Gasteiger partial charge in [-0.3, -0.25) is 0 Å². The van der Waals surface area contributed by atoms with Crippen LogP contribution in [0, 0.1) is 0 Å². The Kier molecular flexibility index (Phi) is 14.0. The summed E-state index contributed by atoms with van der Waals surface area (Å²) in [6.45, 7) is 11.6. The standard InChI is InChI=1S/C16H22NO5.3C4H9.Sn/c1-16(2)21-10-13(14(19-3)11-22-16)17-15(18)20-9-12-7-5-4-6-8-12;3*1-3-4-2;/h4-8,13-14H,3,9-11H2,1-2H3,(H,17,18);3*1,3-4H2,2H3;/t13-,14-;;;;/m1..../s1. The third kappa shape index (κ3) is 11.4. The van der Waals surface area contributed by atoms with Crippen LogP contribution in [0.4, 0.5) is 4.79 Å². The summed E-state index contributed by atoms with van der Waals surface area (Å²) in [5, 5.41) is 3.01. The minimum absolute atomic E-state index is 0.235. The summed E-state index contributed by atoms with van der Waals surface area (Å²) < 4.78 is 29.2. The van der Waals surface area contributed by atoms with Crippen LogP contribution in [-0.4, -0.2) is 60.2 Å². The van der Waals surface area contributed by atoms with Crippen molar-refractivity contribution in [1.82, 2.24) is 5.32 Å². The summed E-state index contributed by atoms with van der Waals surface area (Å²) in [7, 11) is 0. The summed E-state index contributed by atoms with van der Waals surface area (Å²) in [6, 6.07) is 9.40. The van der Waals surface area contributed by atoms with E-state index in [1.165, 1.54) is 51.8 Å². The number of carbonyl (C=O) groups is 1. The zero-order valence-electron chi connectivity index (χ0n) is 22.8. The third-order valence-corrected chi connectivity index (χ3v) is 21.3. The molecule has 1 N–H and O–H groups in total. The van der Waals surface area contributed by atoms with Crippen molar-refractivity contribution in [2.24, 2.45) is 0 Å². The monoisotopic (exact) mass is 599 g/mol. The van der Waals surface area contributed by atoms with E-state index in [0.717, 1.165) is 10.2 Å². The predicted octanol–water partition coefficient (Wildman–Crippen LogP) is 6.84. The van der Waals surface area contributed by atoms with Crippen LogP contribution in [0.25, 0.3) is 0 Å². The van der Waals surface area contributed by atoms with Crippen molar-refractivity contribution >= 4 is 24.5 Å². The number of benzene rings is 1. The van der Waals surface area contributed by atoms with Gasteiger partial charge in [0, 0.05) is 0 Å². The fraction of sp³-hybridized carbons (Fsp3) is 0.750. The molecule has 6 nitrogen and oxygen atoms in total. The molecule has 0 radical (unpaired) electrons. The second-order valence-electron chi connectivity index (χ2n) is 10.5. The molecule has 35 heavy (non-hydrogen) atoms. The number of alkyl carbamates (subject to hydrolysis) is 1. The van der Waals surface area contributed by atoms with Crippen molar-refractivity contribution in [3.8, 4) is 0 Å². The fourth-order valence-electron chi connectivity index (χ4n) is 4.58. The van der Waals surface area contributed by atoms with Gasteiger partial charge in [0.25, 0.3) is 0 Å². The Hall–Kier alpha value is -0.831. The first kappa shape index (κ1) is 30.4. The average molecular weight is 598 g/mol. The molecule has 1 aliphatic rings. The number of unbranched alkanes of at least 4 members (excludes halogenated alkanes) is 3. The van der Waals surface area contributed by atoms with Crippen molar-refractivity contribution in [2.45, 2.75) is 111 Å². The number of nitrogens with one attached hydrogen (secondary N) is 1. The molecule has 2 atom stereocenters. The van der Waals surface area contributed by atoms with Gasteiger partial charge in [-0.25, -0.2) is 0 Å². The molecule has 0 saturated carbocycles. The Balaban J connectivity index is 2.07. The average Bonchev–Trinajstić information content (AvgIpc) is 3.00. The molecule has 1 amide bonds. The van der Waals surface area contributed by atoms with Crippen LogP contribution in [0.5, 0.6) is 0 Å². The van der Waals surface area contributed by atoms with E-state index < -0.39 is 30.3 Å². The van der Waals surface area contributed by atoms with Gasteiger partial charge in [-0.05, 0) is 0 Å². The van der Waals surface area contributed by atoms with Gasteiger partial charge in [-0.2, -0.15) is 0 Å². The van der Waals surface area contributed by atoms with E-state index in [1.54, 1.807) is 0 Å². The van der Waals surface area contributed by atoms with Gasteiger partial charge < -0.3 is 0 Å². The van der Waals surface area contributed by atoms with Crippen LogP contribution in [0.1, 0.15) is 78.7 Å². The minimum atomic E-state index is -2.48. The van der Waals surface area contributed by atoms with E-state index in [9.17, 15) is 4.79 Å². The van der Waals surface area contributed by atoms with E-state index in [0.29, 0.717) is 13.2 Å². The molecule has 0 aliphatic carbocycles. The zero-order valence-corrected chi connectivity index (χ0v) is 25.6. The maximum absolute atomic E-state index is 12.7. The molecular weight excluding hydrogens is 549 g/mol. The van der Waals surface area contributed by atoms with E-state index in [2.05, 4.69) is 26.1 Å². The van der Waals surface area contributed by atoms with Crippen LogP contribution in [0.3, 0.4) is 0 Å². The summed E-state index contributed by atoms with van der Waals surface area (Å²) in [6.07, 6.45) is 6.93. The van der Waals surface area contributed by atoms with Gasteiger partial charge in [0.2, 0.25) is 0 Å². The number of rotatable bonds is 15. The predicted molar refractivity (Wildman–Crippen MR) is 144 cm³/mol. The van der Waals surface area contributed by atoms with Crippen LogP contribution < -0.4 is 5.32 Å². The Morgan fingerprint density at radius 3 is 2.11 bits per heavy atom. The van der Waals surface area contributed by atoms with Crippen molar-refractivity contribution < 1.29 is 23.7 Å². The first-order valence-electron chi connectivity index (χ1n) is 13.7. The maximum atomic E-state index is 12.7. The fourth-order valence-corrected chi connectivity index (χ4v) is 19.0. The summed E-state index contributed by atoms with van der Waals surface area (Å²) in [5.41, 5.74) is 0.957. The van der Waals surface area contributed by atoms with Crippen molar-refractivity contribution in [3.05, 3.63) is 35.9 Å². The number of carbonyl (C=O) groups excluding carboxylic acids is 1. The second kappa shape index (κ2) is 16.1. The van der Waals surface area contributed by atoms with Crippen molar-refractivity contribution in [3.63, 3.8) is 0 Å². The Morgan fingerprint density at radius 1 is 0.971 bits per heavy atom. The molecule has 1 aliphatic heterocycles. The first-order valence-corrected chi connectivity index (χ1v) is 21.8. The quantitative estimate of drug-likeness (QED) is 0.224. The van der Waals surface area contributed by atoms with Gasteiger partial charge in [-0.1, -0.05) is 0 Å². The molecule has 1 aromatic rings. The normalized spacial score (nSPS) is 20.3. The SMILES string of the molecule is CCC[CH2][Sn]([CH2]CCC)([CH2]CCC)[CH2]O[C@@H]1COC(C)(C)OC[C@H]1NC(=O)OCc1ccccc1. The van der Waals surface area contributed by atoms with Gasteiger partial charge >= 0.3 is 218 Å². The molecule has 1 heterocycles. The topological polar surface area (TPSA) is 66.0 Å². The summed E-state index contributed by atoms with van der Waals surface area (Å²) in [4.78, 5) is 12.7. The molecule has 0 spiro atoms. The first-order chi connectivity index (χ1) is 16.8. The van der Waals surface area contributed by atoms with Crippen LogP contribution in [-0.2, 0) is 25.6 Å². The molecular formula is C28H49NO5Sn. The van der Waals surface area contributed by atoms with Crippen LogP contribution in [0.15, 0.2) is 30.3 Å². The Bertz CT molecular complexity index is 693. The van der Waals surface area contributed by atoms with E-state index in [4.69, 9.17) is 18.9 Å². The number of amides is 1. The molecule has 0 unspecified atom stereocenters. The number of hydrogen-bond acceptors (Lipinski definition) is 5. The number of ether oxygens (including phenoxy) is 4. The number of hydrogen-bond donors (Lipinski definition) is 1. The van der Waals surface area contributed by atoms with Crippen LogP contribution >= 0.6 is 0 Å². The van der Waals surface area contributed by atoms with Crippen LogP contribution in [0.2, 0.25) is 13.3 Å². The molecule has 1 fully saturated rings.